The molecular weight excluding hydrogens is 827 g/mol. The molecule has 396 valence electrons. The Bertz CT molecular complexity index is 1040. The molecule has 2 unspecified atom stereocenters. The van der Waals surface area contributed by atoms with Crippen molar-refractivity contribution in [1.82, 2.24) is 5.32 Å². The molecule has 0 heterocycles. The molecular formula is C61H117NO5. The number of aliphatic hydroxyl groups excluding tert-OH is 2. The number of carbonyl (C=O) groups excluding carboxylic acids is 2. The SMILES string of the molecule is CCCCCCCCCCCCCCCCCCCCC/C=C/C(O)C(CO)NC(=O)CCCCCC/C=C\CCCCOC(=O)CCCCCCCCCCCCCCCCCCCCC. The van der Waals surface area contributed by atoms with Crippen molar-refractivity contribution in [2.75, 3.05) is 13.2 Å². The predicted molar refractivity (Wildman–Crippen MR) is 292 cm³/mol. The Kier molecular flexibility index (Phi) is 55.5. The van der Waals surface area contributed by atoms with E-state index in [4.69, 9.17) is 4.74 Å². The Hall–Kier alpha value is -1.66. The fraction of sp³-hybridized carbons (Fsp3) is 0.902. The standard InChI is InChI=1S/C61H117NO5/c1-3-5-7-9-11-13-15-17-19-21-23-24-26-27-29-31-33-37-41-45-49-53-59(64)58(57-63)62-60(65)54-50-46-42-38-35-36-40-44-48-52-56-67-61(66)55-51-47-43-39-34-32-30-28-25-22-20-18-16-14-12-10-8-6-4-2/h36,40,49,53,58-59,63-64H,3-35,37-39,41-48,50-52,54-57H2,1-2H3,(H,62,65)/b40-36-,53-49+. The summed E-state index contributed by atoms with van der Waals surface area (Å²) >= 11 is 0. The molecule has 3 N–H and O–H groups in total. The Morgan fingerprint density at radius 2 is 0.701 bits per heavy atom. The van der Waals surface area contributed by atoms with Gasteiger partial charge in [-0.25, -0.2) is 0 Å². The molecule has 0 rings (SSSR count). The average Bonchev–Trinajstić information content (AvgIpc) is 3.33. The van der Waals surface area contributed by atoms with Crippen LogP contribution in [0.15, 0.2) is 24.3 Å². The normalized spacial score (nSPS) is 12.7. The van der Waals surface area contributed by atoms with Crippen molar-refractivity contribution in [1.29, 1.82) is 0 Å². The second kappa shape index (κ2) is 56.9. The topological polar surface area (TPSA) is 95.9 Å². The molecule has 2 atom stereocenters. The molecule has 0 aromatic heterocycles. The summed E-state index contributed by atoms with van der Waals surface area (Å²) in [6, 6.07) is -0.653. The van der Waals surface area contributed by atoms with Crippen LogP contribution in [0.5, 0.6) is 0 Å². The Balaban J connectivity index is 3.51. The summed E-state index contributed by atoms with van der Waals surface area (Å²) in [5.41, 5.74) is 0. The van der Waals surface area contributed by atoms with Gasteiger partial charge in [0, 0.05) is 12.8 Å². The van der Waals surface area contributed by atoms with Gasteiger partial charge in [0.05, 0.1) is 25.4 Å². The second-order valence-corrected chi connectivity index (χ2v) is 20.7. The number of rotatable bonds is 56. The first-order chi connectivity index (χ1) is 33.0. The zero-order valence-electron chi connectivity index (χ0n) is 45.1. The van der Waals surface area contributed by atoms with Crippen LogP contribution in [0.4, 0.5) is 0 Å². The molecule has 0 saturated heterocycles. The molecule has 0 saturated carbocycles. The van der Waals surface area contributed by atoms with Crippen molar-refractivity contribution in [3.63, 3.8) is 0 Å². The molecule has 0 aliphatic rings. The van der Waals surface area contributed by atoms with Gasteiger partial charge in [-0.3, -0.25) is 9.59 Å². The number of hydrogen-bond acceptors (Lipinski definition) is 5. The summed E-state index contributed by atoms with van der Waals surface area (Å²) in [6.07, 6.45) is 69.3. The summed E-state index contributed by atoms with van der Waals surface area (Å²) in [6.45, 7) is 4.84. The van der Waals surface area contributed by atoms with Crippen molar-refractivity contribution >= 4 is 11.9 Å². The van der Waals surface area contributed by atoms with Gasteiger partial charge in [-0.1, -0.05) is 282 Å². The lowest BCUT2D eigenvalue weighted by Gasteiger charge is -2.20. The van der Waals surface area contributed by atoms with Crippen molar-refractivity contribution in [3.05, 3.63) is 24.3 Å². The lowest BCUT2D eigenvalue weighted by molar-refractivity contribution is -0.143. The van der Waals surface area contributed by atoms with Crippen LogP contribution in [0.25, 0.3) is 0 Å². The minimum atomic E-state index is -0.866. The maximum Gasteiger partial charge on any atom is 0.305 e. The first-order valence-electron chi connectivity index (χ1n) is 30.1. The van der Waals surface area contributed by atoms with E-state index >= 15 is 0 Å². The molecule has 0 aromatic rings. The van der Waals surface area contributed by atoms with Crippen LogP contribution in [-0.2, 0) is 14.3 Å². The number of carbonyl (C=O) groups is 2. The quantitative estimate of drug-likeness (QED) is 0.0321. The highest BCUT2D eigenvalue weighted by molar-refractivity contribution is 5.76. The molecule has 0 aliphatic heterocycles. The third-order valence-electron chi connectivity index (χ3n) is 14.0. The van der Waals surface area contributed by atoms with Crippen LogP contribution >= 0.6 is 0 Å². The maximum absolute atomic E-state index is 12.5. The zero-order chi connectivity index (χ0) is 48.6. The van der Waals surface area contributed by atoms with Crippen molar-refractivity contribution < 1.29 is 24.5 Å². The van der Waals surface area contributed by atoms with Crippen LogP contribution in [-0.4, -0.2) is 47.4 Å². The molecule has 0 radical (unpaired) electrons. The van der Waals surface area contributed by atoms with E-state index in [-0.39, 0.29) is 18.5 Å². The summed E-state index contributed by atoms with van der Waals surface area (Å²) in [7, 11) is 0. The lowest BCUT2D eigenvalue weighted by atomic mass is 10.0. The minimum absolute atomic E-state index is 0.0330. The molecule has 6 nitrogen and oxygen atoms in total. The molecule has 0 spiro atoms. The number of aliphatic hydroxyl groups is 2. The van der Waals surface area contributed by atoms with Gasteiger partial charge in [0.1, 0.15) is 0 Å². The van der Waals surface area contributed by atoms with Crippen LogP contribution in [0.3, 0.4) is 0 Å². The van der Waals surface area contributed by atoms with E-state index in [0.717, 1.165) is 77.0 Å². The van der Waals surface area contributed by atoms with Crippen molar-refractivity contribution in [2.45, 2.75) is 341 Å². The third kappa shape index (κ3) is 53.5. The van der Waals surface area contributed by atoms with Gasteiger partial charge >= 0.3 is 5.97 Å². The van der Waals surface area contributed by atoms with Crippen LogP contribution in [0.1, 0.15) is 328 Å². The average molecular weight is 945 g/mol. The van der Waals surface area contributed by atoms with Crippen molar-refractivity contribution in [2.24, 2.45) is 0 Å². The first-order valence-corrected chi connectivity index (χ1v) is 30.1. The van der Waals surface area contributed by atoms with Gasteiger partial charge in [0.15, 0.2) is 0 Å². The van der Waals surface area contributed by atoms with E-state index < -0.39 is 12.1 Å². The van der Waals surface area contributed by atoms with E-state index in [1.54, 1.807) is 6.08 Å². The Morgan fingerprint density at radius 3 is 1.06 bits per heavy atom. The van der Waals surface area contributed by atoms with Crippen LogP contribution in [0, 0.1) is 0 Å². The summed E-state index contributed by atoms with van der Waals surface area (Å²) < 4.78 is 5.46. The monoisotopic (exact) mass is 944 g/mol. The van der Waals surface area contributed by atoms with Gasteiger partial charge in [0.25, 0.3) is 0 Å². The first kappa shape index (κ1) is 65.3. The third-order valence-corrected chi connectivity index (χ3v) is 14.0. The smallest absolute Gasteiger partial charge is 0.305 e. The summed E-state index contributed by atoms with van der Waals surface area (Å²) in [4.78, 5) is 24.6. The van der Waals surface area contributed by atoms with E-state index in [1.807, 2.05) is 6.08 Å². The van der Waals surface area contributed by atoms with E-state index in [9.17, 15) is 19.8 Å². The van der Waals surface area contributed by atoms with Gasteiger partial charge in [-0.15, -0.1) is 0 Å². The van der Waals surface area contributed by atoms with Gasteiger partial charge in [-0.05, 0) is 57.8 Å². The fourth-order valence-electron chi connectivity index (χ4n) is 9.34. The molecule has 0 fully saturated rings. The highest BCUT2D eigenvalue weighted by Gasteiger charge is 2.18. The van der Waals surface area contributed by atoms with E-state index in [1.165, 1.54) is 225 Å². The number of amides is 1. The van der Waals surface area contributed by atoms with Crippen LogP contribution < -0.4 is 5.32 Å². The van der Waals surface area contributed by atoms with Gasteiger partial charge < -0.3 is 20.3 Å². The Labute approximate surface area is 418 Å². The number of ether oxygens (including phenoxy) is 1. The molecule has 67 heavy (non-hydrogen) atoms. The number of hydrogen-bond donors (Lipinski definition) is 3. The zero-order valence-corrected chi connectivity index (χ0v) is 45.1. The van der Waals surface area contributed by atoms with Crippen LogP contribution in [0.2, 0.25) is 0 Å². The Morgan fingerprint density at radius 1 is 0.403 bits per heavy atom. The lowest BCUT2D eigenvalue weighted by Crippen LogP contribution is -2.45. The molecule has 0 aromatic carbocycles. The number of esters is 1. The number of nitrogens with one attached hydrogen (secondary N) is 1. The minimum Gasteiger partial charge on any atom is -0.466 e. The highest BCUT2D eigenvalue weighted by Crippen LogP contribution is 2.17. The largest absolute Gasteiger partial charge is 0.466 e. The van der Waals surface area contributed by atoms with E-state index in [0.29, 0.717) is 19.4 Å². The maximum atomic E-state index is 12.5. The van der Waals surface area contributed by atoms with Gasteiger partial charge in [-0.2, -0.15) is 0 Å². The fourth-order valence-corrected chi connectivity index (χ4v) is 9.34. The molecule has 0 bridgehead atoms. The molecule has 1 amide bonds. The molecule has 6 heteroatoms. The summed E-state index contributed by atoms with van der Waals surface area (Å²) in [5.74, 6) is -0.133. The van der Waals surface area contributed by atoms with Crippen molar-refractivity contribution in [3.8, 4) is 0 Å². The second-order valence-electron chi connectivity index (χ2n) is 20.7. The highest BCUT2D eigenvalue weighted by atomic mass is 16.5. The van der Waals surface area contributed by atoms with E-state index in [2.05, 4.69) is 31.3 Å². The number of unbranched alkanes of at least 4 members (excludes halogenated alkanes) is 43. The molecule has 0 aliphatic carbocycles. The van der Waals surface area contributed by atoms with Gasteiger partial charge in [0.2, 0.25) is 5.91 Å². The number of allylic oxidation sites excluding steroid dienone is 3. The summed E-state index contributed by atoms with van der Waals surface area (Å²) in [5, 5.41) is 23.1. The predicted octanol–water partition coefficient (Wildman–Crippen LogP) is 18.6.